The number of hydrogen-bond acceptors (Lipinski definition) is 2. The van der Waals surface area contributed by atoms with Crippen LogP contribution in [0, 0.1) is 11.3 Å². The van der Waals surface area contributed by atoms with Gasteiger partial charge in [-0.05, 0) is 0 Å². The number of nitriles is 1. The van der Waals surface area contributed by atoms with Crippen molar-refractivity contribution in [1.82, 2.24) is 0 Å². The Balaban J connectivity index is 2.95. The van der Waals surface area contributed by atoms with Crippen LogP contribution in [0.4, 0.5) is 0 Å². The Morgan fingerprint density at radius 2 is 2.50 bits per heavy atom. The number of nitrogens with two attached hydrogens (primary N) is 1. The van der Waals surface area contributed by atoms with Gasteiger partial charge >= 0.3 is 81.9 Å². The molecule has 0 aromatic carbocycles. The monoisotopic (exact) mass is 242 g/mol. The van der Waals surface area contributed by atoms with Crippen LogP contribution in [-0.2, 0) is 0 Å². The maximum absolute atomic E-state index is 8.63. The molecule has 0 saturated heterocycles. The van der Waals surface area contributed by atoms with Gasteiger partial charge in [0, 0.05) is 0 Å². The van der Waals surface area contributed by atoms with E-state index in [1.807, 2.05) is 18.2 Å². The molecule has 0 aliphatic heterocycles. The molecule has 1 rings (SSSR count). The van der Waals surface area contributed by atoms with E-state index < -0.39 is 0 Å². The Hall–Kier alpha value is -0.881. The van der Waals surface area contributed by atoms with Crippen LogP contribution in [-0.4, -0.2) is 19.5 Å². The fourth-order valence-corrected chi connectivity index (χ4v) is 2.16. The molecule has 0 bridgehead atoms. The normalized spacial score (nSPS) is 10.8. The molecule has 12 heavy (non-hydrogen) atoms. The van der Waals surface area contributed by atoms with Gasteiger partial charge in [0.1, 0.15) is 0 Å². The molecular formula is C8H6N2SSe. The van der Waals surface area contributed by atoms with Crippen molar-refractivity contribution in [2.24, 2.45) is 5.73 Å². The zero-order valence-corrected chi connectivity index (χ0v) is 8.68. The van der Waals surface area contributed by atoms with Crippen molar-refractivity contribution in [2.45, 2.75) is 0 Å². The van der Waals surface area contributed by atoms with Gasteiger partial charge in [0.25, 0.3) is 0 Å². The number of nitrogens with zero attached hydrogens (tertiary/aromatic N) is 1. The van der Waals surface area contributed by atoms with Crippen LogP contribution in [0.2, 0.25) is 0 Å². The number of thiocarbonyl (C=S) groups is 1. The van der Waals surface area contributed by atoms with E-state index >= 15 is 0 Å². The van der Waals surface area contributed by atoms with E-state index in [2.05, 4.69) is 4.94 Å². The first kappa shape index (κ1) is 9.21. The second-order valence-electron chi connectivity index (χ2n) is 2.05. The van der Waals surface area contributed by atoms with Crippen LogP contribution in [0.3, 0.4) is 0 Å². The molecule has 60 valence electrons. The Labute approximate surface area is 82.1 Å². The predicted octanol–water partition coefficient (Wildman–Crippen LogP) is 0.937. The van der Waals surface area contributed by atoms with Gasteiger partial charge in [-0.15, -0.1) is 0 Å². The summed E-state index contributed by atoms with van der Waals surface area (Å²) in [4.78, 5) is 2.24. The van der Waals surface area contributed by atoms with E-state index in [1.54, 1.807) is 6.08 Å². The van der Waals surface area contributed by atoms with Crippen LogP contribution < -0.4 is 5.73 Å². The van der Waals surface area contributed by atoms with Crippen molar-refractivity contribution < 1.29 is 0 Å². The summed E-state index contributed by atoms with van der Waals surface area (Å²) in [5, 5.41) is 8.63. The van der Waals surface area contributed by atoms with Crippen LogP contribution in [0.5, 0.6) is 0 Å². The third-order valence-corrected chi connectivity index (χ3v) is 3.15. The molecule has 0 aliphatic rings. The third kappa shape index (κ3) is 2.31. The SMILES string of the molecule is N#CC(=Cc1ccc[se]1)C(N)=S. The summed E-state index contributed by atoms with van der Waals surface area (Å²) >= 11 is 5.04. The molecule has 1 heterocycles. The zero-order chi connectivity index (χ0) is 8.97. The fraction of sp³-hybridized carbons (Fsp3) is 0. The minimum atomic E-state index is 0.168. The van der Waals surface area contributed by atoms with E-state index in [-0.39, 0.29) is 4.99 Å². The molecule has 1 aromatic rings. The summed E-state index contributed by atoms with van der Waals surface area (Å²) < 4.78 is 1.13. The van der Waals surface area contributed by atoms with Gasteiger partial charge in [-0.1, -0.05) is 0 Å². The molecule has 0 atom stereocenters. The van der Waals surface area contributed by atoms with Gasteiger partial charge in [0.15, 0.2) is 0 Å². The van der Waals surface area contributed by atoms with Gasteiger partial charge < -0.3 is 0 Å². The first-order chi connectivity index (χ1) is 5.74. The molecular weight excluding hydrogens is 235 g/mol. The first-order valence-corrected chi connectivity index (χ1v) is 5.44. The van der Waals surface area contributed by atoms with Crippen LogP contribution >= 0.6 is 12.2 Å². The summed E-state index contributed by atoms with van der Waals surface area (Å²) in [5.74, 6) is 0. The Bertz CT molecular complexity index is 346. The van der Waals surface area contributed by atoms with Gasteiger partial charge in [0.05, 0.1) is 0 Å². The summed E-state index contributed by atoms with van der Waals surface area (Å²) in [7, 11) is 0. The van der Waals surface area contributed by atoms with E-state index in [0.717, 1.165) is 4.44 Å². The molecule has 0 aliphatic carbocycles. The van der Waals surface area contributed by atoms with Crippen molar-refractivity contribution in [3.63, 3.8) is 0 Å². The standard InChI is InChI=1S/C8H6N2SSe/c9-5-6(8(10)11)4-7-2-1-3-12-7/h1-4H,(H2,10,11). The fourth-order valence-electron chi connectivity index (χ4n) is 0.674. The van der Waals surface area contributed by atoms with Gasteiger partial charge in [-0.3, -0.25) is 0 Å². The van der Waals surface area contributed by atoms with Crippen molar-refractivity contribution in [3.8, 4) is 6.07 Å². The molecule has 0 radical (unpaired) electrons. The average molecular weight is 241 g/mol. The van der Waals surface area contributed by atoms with Crippen LogP contribution in [0.1, 0.15) is 4.44 Å². The van der Waals surface area contributed by atoms with E-state index in [0.29, 0.717) is 20.1 Å². The summed E-state index contributed by atoms with van der Waals surface area (Å²) in [6.45, 7) is 0. The molecule has 0 amide bonds. The first-order valence-electron chi connectivity index (χ1n) is 3.19. The second kappa shape index (κ2) is 4.22. The Morgan fingerprint density at radius 3 is 2.92 bits per heavy atom. The van der Waals surface area contributed by atoms with Crippen LogP contribution in [0.15, 0.2) is 22.6 Å². The summed E-state index contributed by atoms with van der Waals surface area (Å²) in [6, 6.07) is 5.91. The number of rotatable bonds is 2. The molecule has 0 spiro atoms. The molecule has 0 saturated carbocycles. The Morgan fingerprint density at radius 1 is 1.75 bits per heavy atom. The predicted molar refractivity (Wildman–Crippen MR) is 53.8 cm³/mol. The summed E-state index contributed by atoms with van der Waals surface area (Å²) in [6.07, 6.45) is 1.75. The average Bonchev–Trinajstić information content (AvgIpc) is 2.51. The molecule has 1 aromatic heterocycles. The number of hydrogen-bond donors (Lipinski definition) is 1. The third-order valence-electron chi connectivity index (χ3n) is 1.22. The maximum atomic E-state index is 8.63. The van der Waals surface area contributed by atoms with E-state index in [1.165, 1.54) is 0 Å². The minimum absolute atomic E-state index is 0.168. The van der Waals surface area contributed by atoms with Gasteiger partial charge in [-0.25, -0.2) is 0 Å². The van der Waals surface area contributed by atoms with Crippen LogP contribution in [0.25, 0.3) is 6.08 Å². The van der Waals surface area contributed by atoms with Gasteiger partial charge in [0.2, 0.25) is 0 Å². The molecule has 4 heteroatoms. The van der Waals surface area contributed by atoms with Gasteiger partial charge in [-0.2, -0.15) is 0 Å². The van der Waals surface area contributed by atoms with Crippen molar-refractivity contribution in [3.05, 3.63) is 27.1 Å². The zero-order valence-electron chi connectivity index (χ0n) is 6.15. The van der Waals surface area contributed by atoms with Crippen molar-refractivity contribution in [1.29, 1.82) is 5.26 Å². The second-order valence-corrected chi connectivity index (χ2v) is 4.54. The topological polar surface area (TPSA) is 49.8 Å². The van der Waals surface area contributed by atoms with Crippen molar-refractivity contribution >= 4 is 37.8 Å². The van der Waals surface area contributed by atoms with Crippen molar-refractivity contribution in [2.75, 3.05) is 0 Å². The van der Waals surface area contributed by atoms with E-state index in [4.69, 9.17) is 23.2 Å². The molecule has 2 N–H and O–H groups in total. The Kier molecular flexibility index (Phi) is 3.24. The quantitative estimate of drug-likeness (QED) is 0.363. The molecule has 2 nitrogen and oxygen atoms in total. The summed E-state index contributed by atoms with van der Waals surface area (Å²) in [5.41, 5.74) is 5.72. The molecule has 0 fully saturated rings. The van der Waals surface area contributed by atoms with E-state index in [9.17, 15) is 0 Å². The molecule has 0 unspecified atom stereocenters.